The molecule has 12 aliphatic rings. The van der Waals surface area contributed by atoms with Crippen molar-refractivity contribution >= 4 is 36.1 Å². The molecule has 19 nitrogen and oxygen atoms in total. The van der Waals surface area contributed by atoms with E-state index < -0.39 is 11.4 Å². The van der Waals surface area contributed by atoms with Crippen LogP contribution in [0.3, 0.4) is 0 Å². The van der Waals surface area contributed by atoms with Crippen LogP contribution < -0.4 is 30.2 Å². The predicted molar refractivity (Wildman–Crippen MR) is 357 cm³/mol. The van der Waals surface area contributed by atoms with Crippen molar-refractivity contribution in [1.82, 2.24) is 45.3 Å². The van der Waals surface area contributed by atoms with Crippen molar-refractivity contribution in [2.75, 3.05) is 33.0 Å². The zero-order valence-corrected chi connectivity index (χ0v) is 59.7. The fraction of sp³-hybridized carbons (Fsp3) is 0.753. The summed E-state index contributed by atoms with van der Waals surface area (Å²) in [7, 11) is 0. The van der Waals surface area contributed by atoms with Gasteiger partial charge in [0.25, 0.3) is 17.7 Å². The SMILES string of the molecule is CC(C)COc1c(C(=O)NC2C3CC4CC(C3)CC2C4)cnn1/C=C/C(C)(C)C(=O)O.CC(C)COc1c(C(=O)NC2C3CC4CC(C3)CC2C4)cnn1/C=C/C(C)(C)CO.CC(C)COc1c(C(=O)NC2C3CC4CC(C3)CC2C4)cnn1CCC(C)(C)CO.[CH3-].[Pd]. The van der Waals surface area contributed by atoms with Gasteiger partial charge in [-0.3, -0.25) is 19.2 Å². The smallest absolute Gasteiger partial charge is 0.312 e. The van der Waals surface area contributed by atoms with Crippen LogP contribution in [0, 0.1) is 112 Å². The molecule has 3 heterocycles. The molecule has 12 saturated carbocycles. The van der Waals surface area contributed by atoms with Gasteiger partial charge in [0.15, 0.2) is 0 Å². The van der Waals surface area contributed by atoms with Crippen molar-refractivity contribution in [1.29, 1.82) is 0 Å². The summed E-state index contributed by atoms with van der Waals surface area (Å²) in [5, 5.41) is 51.7. The number of amides is 3. The molecule has 0 unspecified atom stereocenters. The number of carbonyl (C=O) groups is 4. The minimum atomic E-state index is -1.05. The molecule has 93 heavy (non-hydrogen) atoms. The Kier molecular flexibility index (Phi) is 24.6. The number of aliphatic carboxylic acids is 1. The molecule has 3 aromatic rings. The van der Waals surface area contributed by atoms with E-state index >= 15 is 0 Å². The van der Waals surface area contributed by atoms with Gasteiger partial charge < -0.3 is 52.9 Å². The van der Waals surface area contributed by atoms with Crippen LogP contribution in [-0.2, 0) is 31.8 Å². The van der Waals surface area contributed by atoms with Crippen LogP contribution >= 0.6 is 0 Å². The van der Waals surface area contributed by atoms with Crippen molar-refractivity contribution in [2.24, 2.45) is 105 Å². The predicted octanol–water partition coefficient (Wildman–Crippen LogP) is 12.3. The maximum Gasteiger partial charge on any atom is 0.312 e. The second-order valence-electron chi connectivity index (χ2n) is 33.0. The molecule has 6 N–H and O–H groups in total. The average Bonchev–Trinajstić information content (AvgIpc) is 1.54. The van der Waals surface area contributed by atoms with Gasteiger partial charge >= 0.3 is 5.97 Å². The van der Waals surface area contributed by atoms with Crippen molar-refractivity contribution in [3.8, 4) is 17.6 Å². The van der Waals surface area contributed by atoms with Gasteiger partial charge in [0.05, 0.1) is 50.4 Å². The van der Waals surface area contributed by atoms with Gasteiger partial charge in [-0.2, -0.15) is 15.3 Å². The summed E-state index contributed by atoms with van der Waals surface area (Å²) in [4.78, 5) is 51.2. The van der Waals surface area contributed by atoms with E-state index in [2.05, 4.69) is 58.9 Å². The molecule has 522 valence electrons. The van der Waals surface area contributed by atoms with Crippen molar-refractivity contribution in [3.05, 3.63) is 54.9 Å². The number of hydrogen-bond donors (Lipinski definition) is 6. The number of rotatable bonds is 25. The first-order valence-electron chi connectivity index (χ1n) is 35.0. The molecule has 0 atom stereocenters. The molecule has 20 heteroatoms. The molecule has 12 fully saturated rings. The van der Waals surface area contributed by atoms with Crippen LogP contribution in [0.2, 0.25) is 0 Å². The number of carbonyl (C=O) groups excluding carboxylic acids is 3. The molecule has 0 radical (unpaired) electrons. The Balaban J connectivity index is 0.000000177. The first-order valence-corrected chi connectivity index (χ1v) is 35.0. The molecular formula is C73H114N9O10Pd-. The van der Waals surface area contributed by atoms with E-state index in [4.69, 9.17) is 14.2 Å². The molecule has 15 rings (SSSR count). The van der Waals surface area contributed by atoms with E-state index in [9.17, 15) is 34.5 Å². The summed E-state index contributed by atoms with van der Waals surface area (Å²) in [6, 6.07) is 0.832. The van der Waals surface area contributed by atoms with E-state index in [1.54, 1.807) is 54.1 Å². The number of ether oxygens (including phenoxy) is 3. The zero-order chi connectivity index (χ0) is 65.3. The van der Waals surface area contributed by atoms with Gasteiger partial charge in [-0.15, -0.1) is 0 Å². The van der Waals surface area contributed by atoms with E-state index in [0.717, 1.165) is 41.9 Å². The number of aliphatic hydroxyl groups excluding tert-OH is 2. The number of aryl methyl sites for hydroxylation is 1. The van der Waals surface area contributed by atoms with E-state index in [1.165, 1.54) is 107 Å². The summed E-state index contributed by atoms with van der Waals surface area (Å²) in [5.74, 6) is 10.2. The average molecular weight is 1380 g/mol. The maximum absolute atomic E-state index is 13.3. The number of aliphatic hydroxyl groups is 2. The molecule has 0 aliphatic heterocycles. The Bertz CT molecular complexity index is 2980. The Morgan fingerprint density at radius 1 is 0.505 bits per heavy atom. The van der Waals surface area contributed by atoms with Crippen LogP contribution in [0.4, 0.5) is 0 Å². The third-order valence-electron chi connectivity index (χ3n) is 21.9. The van der Waals surface area contributed by atoms with E-state index in [1.807, 2.05) is 47.6 Å². The quantitative estimate of drug-likeness (QED) is 0.0342. The van der Waals surface area contributed by atoms with Gasteiger partial charge in [-0.25, -0.2) is 14.0 Å². The third kappa shape index (κ3) is 18.0. The summed E-state index contributed by atoms with van der Waals surface area (Å²) >= 11 is 0. The van der Waals surface area contributed by atoms with Crippen LogP contribution in [0.25, 0.3) is 12.4 Å². The number of carboxylic acids is 1. The molecule has 0 spiro atoms. The van der Waals surface area contributed by atoms with Gasteiger partial charge in [0.2, 0.25) is 17.6 Å². The summed E-state index contributed by atoms with van der Waals surface area (Å²) < 4.78 is 22.9. The number of nitrogens with zero attached hydrogens (tertiary/aromatic N) is 6. The largest absolute Gasteiger partial charge is 0.481 e. The van der Waals surface area contributed by atoms with Crippen LogP contribution in [0.1, 0.15) is 217 Å². The van der Waals surface area contributed by atoms with Crippen LogP contribution in [-0.4, -0.2) is 120 Å². The molecule has 0 saturated heterocycles. The zero-order valence-electron chi connectivity index (χ0n) is 58.2. The number of hydrogen-bond acceptors (Lipinski definition) is 12. The molecule has 3 amide bonds. The van der Waals surface area contributed by atoms with Crippen LogP contribution in [0.5, 0.6) is 17.6 Å². The standard InChI is InChI=1S/C24H35N3O4.C24H39N3O3.C24H37N3O3.CH3.Pd/c1-14(2)13-31-22-19(12-25-27(22)6-5-24(3,4)23(29)30)21(28)26-20-17-8-15-7-16(10-17)11-18(20)9-15;2*1-15(2)13-30-23-20(12-25-27(23)6-5-24(3,4)14-28)22(29)26-21-18-8-16-7-17(10-18)11-19(21)9-16;;/h5-6,12,14-18,20H,7-11,13H2,1-4H3,(H,26,28)(H,29,30);12,15-19,21,28H,5-11,13-14H2,1-4H3,(H,26,29);5-6,12,15-19,21,28H,7-11,13-14H2,1-4H3,(H,26,29);1H3;/q;;;-1;/b6-5+;;6-5+;;. The number of nitrogens with one attached hydrogen (secondary N) is 3. The van der Waals surface area contributed by atoms with Crippen molar-refractivity contribution in [3.63, 3.8) is 0 Å². The van der Waals surface area contributed by atoms with E-state index in [-0.39, 0.29) is 87.6 Å². The Morgan fingerprint density at radius 3 is 1.13 bits per heavy atom. The monoisotopic (exact) mass is 1380 g/mol. The van der Waals surface area contributed by atoms with Gasteiger partial charge in [0, 0.05) is 69.5 Å². The minimum Gasteiger partial charge on any atom is -0.481 e. The molecule has 0 aromatic carbocycles. The Morgan fingerprint density at radius 2 is 0.817 bits per heavy atom. The minimum absolute atomic E-state index is 0. The molecule has 12 bridgehead atoms. The molecule has 3 aromatic heterocycles. The maximum atomic E-state index is 13.3. The third-order valence-corrected chi connectivity index (χ3v) is 21.9. The first kappa shape index (κ1) is 73.8. The number of carboxylic acid groups (broad SMARTS) is 1. The van der Waals surface area contributed by atoms with Gasteiger partial charge in [-0.05, 0) is 217 Å². The van der Waals surface area contributed by atoms with Crippen molar-refractivity contribution < 1.29 is 69.1 Å². The molecular weight excluding hydrogens is 1270 g/mol. The Hall–Kier alpha value is -5.03. The number of aromatic nitrogens is 6. The topological polar surface area (TPSA) is 246 Å². The van der Waals surface area contributed by atoms with E-state index in [0.29, 0.717) is 114 Å². The second-order valence-corrected chi connectivity index (χ2v) is 33.0. The fourth-order valence-electron chi connectivity index (χ4n) is 17.4. The fourth-order valence-corrected chi connectivity index (χ4v) is 17.4. The van der Waals surface area contributed by atoms with Gasteiger partial charge in [0.1, 0.15) is 16.7 Å². The Labute approximate surface area is 568 Å². The van der Waals surface area contributed by atoms with Crippen LogP contribution in [0.15, 0.2) is 30.7 Å². The summed E-state index contributed by atoms with van der Waals surface area (Å²) in [6.45, 7) is 25.9. The second kappa shape index (κ2) is 31.0. The normalized spacial score (nSPS) is 29.4. The molecule has 12 aliphatic carbocycles. The summed E-state index contributed by atoms with van der Waals surface area (Å²) in [6.07, 6.45) is 31.7. The first-order chi connectivity index (χ1) is 43.1. The van der Waals surface area contributed by atoms with Gasteiger partial charge in [-0.1, -0.05) is 75.3 Å². The summed E-state index contributed by atoms with van der Waals surface area (Å²) in [5.41, 5.74) is -0.160. The van der Waals surface area contributed by atoms with Crippen molar-refractivity contribution in [2.45, 2.75) is 210 Å².